The maximum Gasteiger partial charge on any atom is 0.208 e. The molecule has 2 aromatic carbocycles. The third-order valence-corrected chi connectivity index (χ3v) is 4.92. The number of Topliss-reactive ketones (excluding diaryl/α,β-unsaturated/α-hetero) is 1. The van der Waals surface area contributed by atoms with Gasteiger partial charge in [-0.1, -0.05) is 73.8 Å². The van der Waals surface area contributed by atoms with Gasteiger partial charge in [0.1, 0.15) is 5.71 Å². The SMILES string of the molecule is CC(=NN(Cc1ccccc1)[SiH](C)C)C(=O)c1ccccc1. The third kappa shape index (κ3) is 4.40. The van der Waals surface area contributed by atoms with E-state index in [9.17, 15) is 4.79 Å². The lowest BCUT2D eigenvalue weighted by Crippen LogP contribution is -2.31. The molecule has 2 aromatic rings. The Hall–Kier alpha value is -2.20. The number of hydrazone groups is 1. The van der Waals surface area contributed by atoms with Gasteiger partial charge in [-0.25, -0.2) is 0 Å². The van der Waals surface area contributed by atoms with Crippen molar-refractivity contribution >= 4 is 20.5 Å². The zero-order chi connectivity index (χ0) is 15.9. The number of rotatable bonds is 6. The molecule has 2 rings (SSSR count). The van der Waals surface area contributed by atoms with Gasteiger partial charge in [-0.05, 0) is 12.5 Å². The lowest BCUT2D eigenvalue weighted by molar-refractivity contribution is 0.106. The first-order chi connectivity index (χ1) is 10.6. The molecule has 3 nitrogen and oxygen atoms in total. The molecule has 0 saturated carbocycles. The van der Waals surface area contributed by atoms with Crippen LogP contribution >= 0.6 is 0 Å². The summed E-state index contributed by atoms with van der Waals surface area (Å²) in [5, 5.41) is 4.61. The number of carbonyl (C=O) groups is 1. The molecule has 4 heteroatoms. The van der Waals surface area contributed by atoms with Gasteiger partial charge in [0.05, 0.1) is 6.54 Å². The summed E-state index contributed by atoms with van der Waals surface area (Å²) in [4.78, 5) is 12.4. The molecule has 0 N–H and O–H groups in total. The molecule has 0 spiro atoms. The third-order valence-electron chi connectivity index (χ3n) is 3.43. The van der Waals surface area contributed by atoms with Crippen LogP contribution in [-0.4, -0.2) is 25.1 Å². The molecular weight excluding hydrogens is 288 g/mol. The Bertz CT molecular complexity index is 639. The van der Waals surface area contributed by atoms with E-state index in [2.05, 4.69) is 35.0 Å². The van der Waals surface area contributed by atoms with E-state index < -0.39 is 8.96 Å². The van der Waals surface area contributed by atoms with Crippen molar-refractivity contribution in [2.24, 2.45) is 5.10 Å². The summed E-state index contributed by atoms with van der Waals surface area (Å²) in [6.45, 7) is 6.98. The Morgan fingerprint density at radius 1 is 1.00 bits per heavy atom. The van der Waals surface area contributed by atoms with E-state index in [0.29, 0.717) is 11.3 Å². The Balaban J connectivity index is 2.17. The van der Waals surface area contributed by atoms with Crippen molar-refractivity contribution in [1.29, 1.82) is 0 Å². The van der Waals surface area contributed by atoms with Crippen molar-refractivity contribution in [2.45, 2.75) is 26.6 Å². The minimum Gasteiger partial charge on any atom is -0.323 e. The van der Waals surface area contributed by atoms with Gasteiger partial charge >= 0.3 is 0 Å². The number of carbonyl (C=O) groups excluding carboxylic acids is 1. The predicted molar refractivity (Wildman–Crippen MR) is 94.7 cm³/mol. The largest absolute Gasteiger partial charge is 0.323 e. The van der Waals surface area contributed by atoms with Crippen LogP contribution in [0.15, 0.2) is 65.8 Å². The first-order valence-electron chi connectivity index (χ1n) is 7.53. The summed E-state index contributed by atoms with van der Waals surface area (Å²) < 4.78 is 2.09. The smallest absolute Gasteiger partial charge is 0.208 e. The average molecular weight is 310 g/mol. The Labute approximate surface area is 134 Å². The fraction of sp³-hybridized carbons (Fsp3) is 0.222. The molecule has 114 valence electrons. The van der Waals surface area contributed by atoms with Crippen LogP contribution in [-0.2, 0) is 6.54 Å². The van der Waals surface area contributed by atoms with Crippen LogP contribution in [0.5, 0.6) is 0 Å². The van der Waals surface area contributed by atoms with Crippen LogP contribution < -0.4 is 0 Å². The van der Waals surface area contributed by atoms with E-state index in [-0.39, 0.29) is 5.78 Å². The second-order valence-electron chi connectivity index (χ2n) is 5.56. The molecule has 0 aliphatic rings. The number of ketones is 1. The molecule has 0 aromatic heterocycles. The predicted octanol–water partition coefficient (Wildman–Crippen LogP) is 3.73. The van der Waals surface area contributed by atoms with Gasteiger partial charge in [0.15, 0.2) is 8.96 Å². The van der Waals surface area contributed by atoms with Crippen LogP contribution in [0.25, 0.3) is 0 Å². The Morgan fingerprint density at radius 3 is 2.09 bits per heavy atom. The molecule has 0 unspecified atom stereocenters. The maximum absolute atomic E-state index is 12.4. The number of hydrogen-bond acceptors (Lipinski definition) is 3. The van der Waals surface area contributed by atoms with Gasteiger partial charge in [-0.3, -0.25) is 4.79 Å². The van der Waals surface area contributed by atoms with Gasteiger partial charge < -0.3 is 4.67 Å². The van der Waals surface area contributed by atoms with Gasteiger partial charge in [-0.2, -0.15) is 5.10 Å². The Kier molecular flexibility index (Phi) is 5.66. The second kappa shape index (κ2) is 7.71. The van der Waals surface area contributed by atoms with Crippen molar-refractivity contribution in [1.82, 2.24) is 4.67 Å². The highest BCUT2D eigenvalue weighted by atomic mass is 28.3. The van der Waals surface area contributed by atoms with Gasteiger partial charge in [0.25, 0.3) is 0 Å². The van der Waals surface area contributed by atoms with Crippen molar-refractivity contribution in [3.63, 3.8) is 0 Å². The summed E-state index contributed by atoms with van der Waals surface area (Å²) >= 11 is 0. The van der Waals surface area contributed by atoms with Crippen molar-refractivity contribution in [2.75, 3.05) is 0 Å². The molecule has 0 saturated heterocycles. The number of benzene rings is 2. The quantitative estimate of drug-likeness (QED) is 0.352. The normalized spacial score (nSPS) is 11.5. The molecule has 0 heterocycles. The van der Waals surface area contributed by atoms with E-state index in [1.165, 1.54) is 5.56 Å². The minimum atomic E-state index is -1.15. The zero-order valence-corrected chi connectivity index (χ0v) is 14.5. The maximum atomic E-state index is 12.4. The molecule has 22 heavy (non-hydrogen) atoms. The topological polar surface area (TPSA) is 32.7 Å². The lowest BCUT2D eigenvalue weighted by Gasteiger charge is -2.23. The summed E-state index contributed by atoms with van der Waals surface area (Å²) in [5.41, 5.74) is 2.45. The molecule has 0 aliphatic heterocycles. The van der Waals surface area contributed by atoms with Crippen LogP contribution in [0.2, 0.25) is 13.1 Å². The van der Waals surface area contributed by atoms with Crippen molar-refractivity contribution in [3.8, 4) is 0 Å². The summed E-state index contributed by atoms with van der Waals surface area (Å²) in [6.07, 6.45) is 0. The van der Waals surface area contributed by atoms with Gasteiger partial charge in [-0.15, -0.1) is 0 Å². The standard InChI is InChI=1S/C18H22N2OSi/c1-15(18(21)17-12-8-5-9-13-17)19-20(22(2)3)14-16-10-6-4-7-11-16/h4-13,22H,14H2,1-3H3. The monoisotopic (exact) mass is 310 g/mol. The van der Waals surface area contributed by atoms with E-state index in [0.717, 1.165) is 6.54 Å². The molecule has 0 radical (unpaired) electrons. The van der Waals surface area contributed by atoms with Crippen molar-refractivity contribution < 1.29 is 4.79 Å². The average Bonchev–Trinajstić information content (AvgIpc) is 2.55. The fourth-order valence-electron chi connectivity index (χ4n) is 2.14. The molecule has 0 fully saturated rings. The van der Waals surface area contributed by atoms with Crippen LogP contribution in [0.4, 0.5) is 0 Å². The van der Waals surface area contributed by atoms with E-state index in [1.54, 1.807) is 6.92 Å². The molecule has 0 amide bonds. The van der Waals surface area contributed by atoms with E-state index in [1.807, 2.05) is 48.5 Å². The molecular formula is C18H22N2OSi. The van der Waals surface area contributed by atoms with Crippen LogP contribution in [0, 0.1) is 0 Å². The highest BCUT2D eigenvalue weighted by Crippen LogP contribution is 2.09. The lowest BCUT2D eigenvalue weighted by atomic mass is 10.1. The highest BCUT2D eigenvalue weighted by Gasteiger charge is 2.14. The summed E-state index contributed by atoms with van der Waals surface area (Å²) in [7, 11) is -1.15. The summed E-state index contributed by atoms with van der Waals surface area (Å²) in [6, 6.07) is 19.6. The van der Waals surface area contributed by atoms with Gasteiger partial charge in [0.2, 0.25) is 5.78 Å². The first-order valence-corrected chi connectivity index (χ1v) is 10.4. The second-order valence-corrected chi connectivity index (χ2v) is 8.34. The molecule has 0 aliphatic carbocycles. The van der Waals surface area contributed by atoms with Crippen LogP contribution in [0.3, 0.4) is 0 Å². The first kappa shape index (κ1) is 16.2. The minimum absolute atomic E-state index is 0.00619. The number of nitrogens with zero attached hydrogens (tertiary/aromatic N) is 2. The zero-order valence-electron chi connectivity index (χ0n) is 13.4. The Morgan fingerprint density at radius 2 is 1.55 bits per heavy atom. The van der Waals surface area contributed by atoms with E-state index >= 15 is 0 Å². The number of hydrogen-bond donors (Lipinski definition) is 0. The van der Waals surface area contributed by atoms with E-state index in [4.69, 9.17) is 0 Å². The van der Waals surface area contributed by atoms with Crippen LogP contribution in [0.1, 0.15) is 22.8 Å². The fourth-order valence-corrected chi connectivity index (χ4v) is 3.12. The summed E-state index contributed by atoms with van der Waals surface area (Å²) in [5.74, 6) is -0.00619. The highest BCUT2D eigenvalue weighted by molar-refractivity contribution is 6.53. The van der Waals surface area contributed by atoms with Gasteiger partial charge in [0, 0.05) is 5.56 Å². The van der Waals surface area contributed by atoms with Crippen molar-refractivity contribution in [3.05, 3.63) is 71.8 Å². The molecule has 0 atom stereocenters. The molecule has 0 bridgehead atoms.